The van der Waals surface area contributed by atoms with E-state index in [-0.39, 0.29) is 11.9 Å². The Morgan fingerprint density at radius 2 is 1.90 bits per heavy atom. The summed E-state index contributed by atoms with van der Waals surface area (Å²) in [6, 6.07) is 9.97. The molecule has 3 rings (SSSR count). The summed E-state index contributed by atoms with van der Waals surface area (Å²) in [4.78, 5) is 23.9. The average molecular weight is 401 g/mol. The quantitative estimate of drug-likeness (QED) is 0.392. The highest BCUT2D eigenvalue weighted by Crippen LogP contribution is 2.20. The van der Waals surface area contributed by atoms with Crippen molar-refractivity contribution in [3.8, 4) is 0 Å². The fourth-order valence-electron chi connectivity index (χ4n) is 3.88. The Morgan fingerprint density at radius 1 is 1.14 bits per heavy atom. The van der Waals surface area contributed by atoms with Crippen LogP contribution in [0.15, 0.2) is 35.3 Å². The fourth-order valence-corrected chi connectivity index (χ4v) is 3.88. The van der Waals surface area contributed by atoms with Crippen LogP contribution >= 0.6 is 0 Å². The van der Waals surface area contributed by atoms with E-state index in [9.17, 15) is 4.79 Å². The lowest BCUT2D eigenvalue weighted by Gasteiger charge is -2.32. The summed E-state index contributed by atoms with van der Waals surface area (Å²) in [5.74, 6) is 0.983. The van der Waals surface area contributed by atoms with Crippen LogP contribution in [0.3, 0.4) is 0 Å². The minimum Gasteiger partial charge on any atom is -0.357 e. The zero-order valence-corrected chi connectivity index (χ0v) is 17.9. The maximum atomic E-state index is 12.4. The molecule has 0 aromatic heterocycles. The molecule has 1 aromatic carbocycles. The molecule has 0 saturated carbocycles. The molecule has 1 unspecified atom stereocenters. The van der Waals surface area contributed by atoms with Gasteiger partial charge in [0, 0.05) is 57.9 Å². The van der Waals surface area contributed by atoms with Crippen molar-refractivity contribution < 1.29 is 4.79 Å². The number of carbonyl (C=O) groups is 1. The molecule has 0 radical (unpaired) electrons. The molecule has 0 aliphatic carbocycles. The van der Waals surface area contributed by atoms with Crippen molar-refractivity contribution in [1.29, 1.82) is 0 Å². The molecule has 0 spiro atoms. The highest BCUT2D eigenvalue weighted by Gasteiger charge is 2.31. The van der Waals surface area contributed by atoms with Crippen molar-refractivity contribution in [1.82, 2.24) is 20.4 Å². The number of anilines is 1. The van der Waals surface area contributed by atoms with Crippen LogP contribution < -0.4 is 15.5 Å². The van der Waals surface area contributed by atoms with E-state index in [0.717, 1.165) is 37.7 Å². The zero-order chi connectivity index (χ0) is 20.5. The van der Waals surface area contributed by atoms with Crippen LogP contribution in [0.25, 0.3) is 0 Å². The number of nitrogens with one attached hydrogen (secondary N) is 2. The lowest BCUT2D eigenvalue weighted by molar-refractivity contribution is -0.117. The van der Waals surface area contributed by atoms with Crippen LogP contribution in [0.4, 0.5) is 5.69 Å². The van der Waals surface area contributed by atoms with Gasteiger partial charge < -0.3 is 25.3 Å². The van der Waals surface area contributed by atoms with Gasteiger partial charge in [0.15, 0.2) is 5.96 Å². The number of para-hydroxylation sites is 1. The van der Waals surface area contributed by atoms with Gasteiger partial charge in [-0.3, -0.25) is 9.79 Å². The van der Waals surface area contributed by atoms with Crippen molar-refractivity contribution in [2.24, 2.45) is 4.99 Å². The number of aliphatic imine (C=N–C) groups is 1. The lowest BCUT2D eigenvalue weighted by Crippen LogP contribution is -2.45. The number of hydrogen-bond donors (Lipinski definition) is 2. The third-order valence-corrected chi connectivity index (χ3v) is 5.63. The van der Waals surface area contributed by atoms with Crippen molar-refractivity contribution >= 4 is 17.6 Å². The molecule has 2 aliphatic rings. The van der Waals surface area contributed by atoms with E-state index < -0.39 is 0 Å². The van der Waals surface area contributed by atoms with Gasteiger partial charge in [0.2, 0.25) is 5.91 Å². The molecule has 0 bridgehead atoms. The van der Waals surface area contributed by atoms with Crippen molar-refractivity contribution in [3.63, 3.8) is 0 Å². The molecule has 1 atom stereocenters. The molecule has 1 aromatic rings. The standard InChI is InChI=1S/C22H36N6O/c1-3-23-22(24-11-7-8-12-27-15-13-26(2)14-16-27)25-19-17-21(29)28(18-19)20-9-5-4-6-10-20/h4-6,9-10,19H,3,7-8,11-18H2,1-2H3,(H2,23,24,25). The summed E-state index contributed by atoms with van der Waals surface area (Å²) in [5, 5.41) is 6.77. The van der Waals surface area contributed by atoms with Gasteiger partial charge in [-0.15, -0.1) is 0 Å². The summed E-state index contributed by atoms with van der Waals surface area (Å²) in [5.41, 5.74) is 0.965. The molecule has 160 valence electrons. The maximum absolute atomic E-state index is 12.4. The molecule has 2 saturated heterocycles. The predicted molar refractivity (Wildman–Crippen MR) is 119 cm³/mol. The average Bonchev–Trinajstić information content (AvgIpc) is 3.10. The Bertz CT molecular complexity index is 657. The first-order valence-corrected chi connectivity index (χ1v) is 11.0. The molecular weight excluding hydrogens is 364 g/mol. The molecular formula is C22H36N6O. The number of guanidine groups is 1. The number of likely N-dealkylation sites (N-methyl/N-ethyl adjacent to an activating group) is 1. The van der Waals surface area contributed by atoms with E-state index in [1.54, 1.807) is 0 Å². The van der Waals surface area contributed by atoms with Gasteiger partial charge in [-0.05, 0) is 45.5 Å². The normalized spacial score (nSPS) is 21.6. The molecule has 29 heavy (non-hydrogen) atoms. The smallest absolute Gasteiger partial charge is 0.229 e. The van der Waals surface area contributed by atoms with Gasteiger partial charge in [-0.2, -0.15) is 0 Å². The molecule has 2 aliphatic heterocycles. The first kappa shape index (κ1) is 21.6. The minimum atomic E-state index is 0.0887. The van der Waals surface area contributed by atoms with Gasteiger partial charge in [-0.1, -0.05) is 18.2 Å². The second-order valence-electron chi connectivity index (χ2n) is 8.00. The molecule has 2 heterocycles. The summed E-state index contributed by atoms with van der Waals surface area (Å²) in [6.07, 6.45) is 2.77. The van der Waals surface area contributed by atoms with Gasteiger partial charge in [0.1, 0.15) is 0 Å². The van der Waals surface area contributed by atoms with E-state index >= 15 is 0 Å². The van der Waals surface area contributed by atoms with Crippen LogP contribution in [-0.4, -0.2) is 87.1 Å². The van der Waals surface area contributed by atoms with E-state index in [4.69, 9.17) is 4.99 Å². The van der Waals surface area contributed by atoms with E-state index in [1.165, 1.54) is 32.6 Å². The SMILES string of the molecule is CCNC(=NCCCCN1CCN(C)CC1)NC1CC(=O)N(c2ccccc2)C1. The van der Waals surface area contributed by atoms with Gasteiger partial charge >= 0.3 is 0 Å². The van der Waals surface area contributed by atoms with E-state index in [2.05, 4.69) is 34.4 Å². The highest BCUT2D eigenvalue weighted by molar-refractivity contribution is 5.97. The first-order valence-electron chi connectivity index (χ1n) is 11.0. The maximum Gasteiger partial charge on any atom is 0.229 e. The van der Waals surface area contributed by atoms with Crippen molar-refractivity contribution in [2.45, 2.75) is 32.2 Å². The van der Waals surface area contributed by atoms with Crippen molar-refractivity contribution in [2.75, 3.05) is 64.3 Å². The van der Waals surface area contributed by atoms with Crippen LogP contribution in [-0.2, 0) is 4.79 Å². The Labute approximate surface area is 175 Å². The van der Waals surface area contributed by atoms with Crippen LogP contribution in [0, 0.1) is 0 Å². The van der Waals surface area contributed by atoms with Crippen LogP contribution in [0.5, 0.6) is 0 Å². The molecule has 7 heteroatoms. The number of nitrogens with zero attached hydrogens (tertiary/aromatic N) is 4. The van der Waals surface area contributed by atoms with E-state index in [0.29, 0.717) is 13.0 Å². The Morgan fingerprint density at radius 3 is 2.62 bits per heavy atom. The second-order valence-corrected chi connectivity index (χ2v) is 8.00. The van der Waals surface area contributed by atoms with Gasteiger partial charge in [-0.25, -0.2) is 0 Å². The largest absolute Gasteiger partial charge is 0.357 e. The number of benzene rings is 1. The monoisotopic (exact) mass is 400 g/mol. The Balaban J connectivity index is 1.41. The Kier molecular flexibility index (Phi) is 8.31. The first-order chi connectivity index (χ1) is 14.2. The summed E-state index contributed by atoms with van der Waals surface area (Å²) in [6.45, 7) is 10.2. The number of unbranched alkanes of at least 4 members (excludes halogenated alkanes) is 1. The van der Waals surface area contributed by atoms with Gasteiger partial charge in [0.05, 0.1) is 6.04 Å². The molecule has 2 fully saturated rings. The Hall–Kier alpha value is -2.12. The third kappa shape index (κ3) is 6.72. The lowest BCUT2D eigenvalue weighted by atomic mass is 10.2. The molecule has 2 N–H and O–H groups in total. The third-order valence-electron chi connectivity index (χ3n) is 5.63. The predicted octanol–water partition coefficient (Wildman–Crippen LogP) is 1.37. The minimum absolute atomic E-state index is 0.0887. The summed E-state index contributed by atoms with van der Waals surface area (Å²) < 4.78 is 0. The highest BCUT2D eigenvalue weighted by atomic mass is 16.2. The molecule has 7 nitrogen and oxygen atoms in total. The molecule has 1 amide bonds. The zero-order valence-electron chi connectivity index (χ0n) is 17.9. The number of carbonyl (C=O) groups excluding carboxylic acids is 1. The van der Waals surface area contributed by atoms with Crippen molar-refractivity contribution in [3.05, 3.63) is 30.3 Å². The number of rotatable bonds is 8. The van der Waals surface area contributed by atoms with Crippen LogP contribution in [0.1, 0.15) is 26.2 Å². The fraction of sp³-hybridized carbons (Fsp3) is 0.636. The summed E-state index contributed by atoms with van der Waals surface area (Å²) in [7, 11) is 2.19. The topological polar surface area (TPSA) is 63.2 Å². The van der Waals surface area contributed by atoms with Gasteiger partial charge in [0.25, 0.3) is 0 Å². The summed E-state index contributed by atoms with van der Waals surface area (Å²) >= 11 is 0. The number of amides is 1. The van der Waals surface area contributed by atoms with Crippen LogP contribution in [0.2, 0.25) is 0 Å². The number of piperazine rings is 1. The van der Waals surface area contributed by atoms with E-state index in [1.807, 2.05) is 35.2 Å². The number of hydrogen-bond acceptors (Lipinski definition) is 4. The second kappa shape index (κ2) is 11.2.